The number of nitrogens with zero attached hydrogens (tertiary/aromatic N) is 3. The summed E-state index contributed by atoms with van der Waals surface area (Å²) in [6.45, 7) is 5.59. The number of amides is 1. The zero-order valence-electron chi connectivity index (χ0n) is 18.3. The van der Waals surface area contributed by atoms with Gasteiger partial charge in [-0.15, -0.1) is 0 Å². The summed E-state index contributed by atoms with van der Waals surface area (Å²) in [6, 6.07) is 10.8. The van der Waals surface area contributed by atoms with Crippen LogP contribution in [0, 0.1) is 6.92 Å². The van der Waals surface area contributed by atoms with Crippen LogP contribution < -0.4 is 10.6 Å². The van der Waals surface area contributed by atoms with Gasteiger partial charge in [0.1, 0.15) is 5.82 Å². The third-order valence-corrected chi connectivity index (χ3v) is 6.42. The quantitative estimate of drug-likeness (QED) is 0.701. The van der Waals surface area contributed by atoms with E-state index in [1.807, 2.05) is 24.1 Å². The lowest BCUT2D eigenvalue weighted by Crippen LogP contribution is -2.54. The van der Waals surface area contributed by atoms with Crippen molar-refractivity contribution in [2.24, 2.45) is 0 Å². The molecule has 1 aromatic heterocycles. The van der Waals surface area contributed by atoms with Crippen LogP contribution in [0.15, 0.2) is 36.5 Å². The Kier molecular flexibility index (Phi) is 6.80. The van der Waals surface area contributed by atoms with Crippen LogP contribution in [0.1, 0.15) is 61.2 Å². The van der Waals surface area contributed by atoms with E-state index in [1.54, 1.807) is 0 Å². The predicted octanol–water partition coefficient (Wildman–Crippen LogP) is 3.10. The maximum absolute atomic E-state index is 13.1. The van der Waals surface area contributed by atoms with Gasteiger partial charge < -0.3 is 15.5 Å². The number of aryl methyl sites for hydroxylation is 1. The molecule has 2 aromatic rings. The van der Waals surface area contributed by atoms with Gasteiger partial charge in [-0.25, -0.2) is 9.97 Å². The van der Waals surface area contributed by atoms with Crippen LogP contribution >= 0.6 is 12.2 Å². The first-order chi connectivity index (χ1) is 15.0. The summed E-state index contributed by atoms with van der Waals surface area (Å²) in [6.07, 6.45) is 6.21. The third kappa shape index (κ3) is 5.58. The molecule has 0 bridgehead atoms. The monoisotopic (exact) mass is 437 g/mol. The first kappa shape index (κ1) is 21.7. The fourth-order valence-electron chi connectivity index (χ4n) is 4.71. The van der Waals surface area contributed by atoms with Crippen molar-refractivity contribution in [1.82, 2.24) is 25.5 Å². The van der Waals surface area contributed by atoms with E-state index in [-0.39, 0.29) is 17.9 Å². The molecule has 2 saturated heterocycles. The van der Waals surface area contributed by atoms with Crippen molar-refractivity contribution < 1.29 is 4.79 Å². The number of benzene rings is 1. The number of piperidine rings is 1. The summed E-state index contributed by atoms with van der Waals surface area (Å²) in [5.41, 5.74) is 3.51. The fourth-order valence-corrected chi connectivity index (χ4v) is 5.08. The molecule has 3 atom stereocenters. The zero-order valence-corrected chi connectivity index (χ0v) is 19.1. The fraction of sp³-hybridized carbons (Fsp3) is 0.500. The molecule has 0 radical (unpaired) electrons. The van der Waals surface area contributed by atoms with Crippen molar-refractivity contribution in [3.63, 3.8) is 0 Å². The number of aromatic nitrogens is 2. The maximum Gasteiger partial charge on any atom is 0.224 e. The van der Waals surface area contributed by atoms with Crippen LogP contribution in [-0.2, 0) is 11.2 Å². The van der Waals surface area contributed by atoms with Crippen molar-refractivity contribution in [2.45, 2.75) is 64.0 Å². The summed E-state index contributed by atoms with van der Waals surface area (Å²) in [4.78, 5) is 24.4. The molecule has 2 N–H and O–H groups in total. The van der Waals surface area contributed by atoms with E-state index in [4.69, 9.17) is 17.2 Å². The van der Waals surface area contributed by atoms with Gasteiger partial charge in [0.15, 0.2) is 5.11 Å². The number of hydrogen-bond donors (Lipinski definition) is 2. The largest absolute Gasteiger partial charge is 0.360 e. The molecule has 31 heavy (non-hydrogen) atoms. The third-order valence-electron chi connectivity index (χ3n) is 6.19. The molecule has 2 aliphatic heterocycles. The van der Waals surface area contributed by atoms with E-state index in [2.05, 4.69) is 46.8 Å². The first-order valence-corrected chi connectivity index (χ1v) is 11.6. The Morgan fingerprint density at radius 3 is 2.84 bits per heavy atom. The lowest BCUT2D eigenvalue weighted by atomic mass is 9.89. The van der Waals surface area contributed by atoms with E-state index in [1.165, 1.54) is 5.56 Å². The number of nitrogens with one attached hydrogen (secondary N) is 2. The molecule has 1 amide bonds. The smallest absolute Gasteiger partial charge is 0.224 e. The number of thiocarbonyl (C=S) groups is 1. The average molecular weight is 438 g/mol. The van der Waals surface area contributed by atoms with Crippen LogP contribution in [-0.4, -0.2) is 51.1 Å². The van der Waals surface area contributed by atoms with Crippen molar-refractivity contribution in [3.8, 4) is 0 Å². The minimum absolute atomic E-state index is 0.103. The van der Waals surface area contributed by atoms with Gasteiger partial charge in [-0.05, 0) is 56.5 Å². The second-order valence-corrected chi connectivity index (χ2v) is 9.23. The number of likely N-dealkylation sites (tertiary alicyclic amines) is 1. The Morgan fingerprint density at radius 2 is 2.06 bits per heavy atom. The van der Waals surface area contributed by atoms with Crippen LogP contribution in [0.4, 0.5) is 0 Å². The minimum Gasteiger partial charge on any atom is -0.360 e. The Bertz CT molecular complexity index is 935. The predicted molar refractivity (Wildman–Crippen MR) is 126 cm³/mol. The second-order valence-electron chi connectivity index (χ2n) is 8.82. The molecule has 2 fully saturated rings. The topological polar surface area (TPSA) is 70.2 Å². The molecule has 0 aliphatic carbocycles. The van der Waals surface area contributed by atoms with Crippen molar-refractivity contribution >= 4 is 23.2 Å². The van der Waals surface area contributed by atoms with Crippen LogP contribution in [0.3, 0.4) is 0 Å². The molecule has 0 spiro atoms. The highest BCUT2D eigenvalue weighted by molar-refractivity contribution is 7.80. The Labute approximate surface area is 189 Å². The summed E-state index contributed by atoms with van der Waals surface area (Å²) in [5.74, 6) is 1.24. The molecule has 164 valence electrons. The van der Waals surface area contributed by atoms with Gasteiger partial charge in [-0.2, -0.15) is 0 Å². The molecule has 4 rings (SSSR count). The van der Waals surface area contributed by atoms with E-state index < -0.39 is 0 Å². The maximum atomic E-state index is 13.1. The average Bonchev–Trinajstić information content (AvgIpc) is 2.75. The Morgan fingerprint density at radius 1 is 1.26 bits per heavy atom. The number of rotatable bonds is 5. The van der Waals surface area contributed by atoms with Crippen LogP contribution in [0.25, 0.3) is 0 Å². The number of carbonyl (C=O) groups is 1. The highest BCUT2D eigenvalue weighted by atomic mass is 32.1. The molecular weight excluding hydrogens is 406 g/mol. The summed E-state index contributed by atoms with van der Waals surface area (Å²) in [5, 5.41) is 7.11. The number of hydrogen-bond acceptors (Lipinski definition) is 4. The van der Waals surface area contributed by atoms with Gasteiger partial charge in [-0.1, -0.05) is 30.3 Å². The van der Waals surface area contributed by atoms with E-state index in [0.717, 1.165) is 55.9 Å². The molecular formula is C24H31N5OS. The molecule has 2 aliphatic rings. The number of carbonyl (C=O) groups excluding carboxylic acids is 1. The SMILES string of the molecule is Cc1ncc(Cc2ccccc2)c(C2CCCN(C(=O)C[C@@H]3C[C@@H](C)NC(=S)N3)C2)n1. The van der Waals surface area contributed by atoms with E-state index in [0.29, 0.717) is 17.6 Å². The lowest BCUT2D eigenvalue weighted by molar-refractivity contribution is -0.133. The van der Waals surface area contributed by atoms with Crippen molar-refractivity contribution in [2.75, 3.05) is 13.1 Å². The lowest BCUT2D eigenvalue weighted by Gasteiger charge is -2.36. The van der Waals surface area contributed by atoms with Gasteiger partial charge in [0.05, 0.1) is 5.69 Å². The van der Waals surface area contributed by atoms with Gasteiger partial charge in [0, 0.05) is 50.1 Å². The molecule has 1 unspecified atom stereocenters. The van der Waals surface area contributed by atoms with Gasteiger partial charge in [0.2, 0.25) is 5.91 Å². The molecule has 1 aromatic carbocycles. The van der Waals surface area contributed by atoms with Crippen molar-refractivity contribution in [1.29, 1.82) is 0 Å². The van der Waals surface area contributed by atoms with Crippen LogP contribution in [0.2, 0.25) is 0 Å². The molecule has 6 nitrogen and oxygen atoms in total. The summed E-state index contributed by atoms with van der Waals surface area (Å²) >= 11 is 5.27. The summed E-state index contributed by atoms with van der Waals surface area (Å²) in [7, 11) is 0. The minimum atomic E-state index is 0.103. The highest BCUT2D eigenvalue weighted by Crippen LogP contribution is 2.29. The first-order valence-electron chi connectivity index (χ1n) is 11.2. The molecule has 7 heteroatoms. The standard InChI is InChI=1S/C24H31N5OS/c1-16-11-21(28-24(31)26-16)13-22(30)29-10-6-9-19(15-29)23-20(14-25-17(2)27-23)12-18-7-4-3-5-8-18/h3-5,7-8,14,16,19,21H,6,9-13,15H2,1-2H3,(H2,26,28,31)/t16-,19?,21+/m1/s1. The zero-order chi connectivity index (χ0) is 21.8. The Hall–Kier alpha value is -2.54. The van der Waals surface area contributed by atoms with Gasteiger partial charge in [0.25, 0.3) is 0 Å². The summed E-state index contributed by atoms with van der Waals surface area (Å²) < 4.78 is 0. The van der Waals surface area contributed by atoms with Crippen molar-refractivity contribution in [3.05, 3.63) is 59.2 Å². The van der Waals surface area contributed by atoms with Gasteiger partial charge >= 0.3 is 0 Å². The second kappa shape index (κ2) is 9.73. The van der Waals surface area contributed by atoms with Crippen LogP contribution in [0.5, 0.6) is 0 Å². The Balaban J connectivity index is 1.46. The van der Waals surface area contributed by atoms with E-state index in [9.17, 15) is 4.79 Å². The highest BCUT2D eigenvalue weighted by Gasteiger charge is 2.30. The normalized spacial score (nSPS) is 23.7. The molecule has 0 saturated carbocycles. The molecule has 3 heterocycles. The van der Waals surface area contributed by atoms with Gasteiger partial charge in [-0.3, -0.25) is 4.79 Å². The van der Waals surface area contributed by atoms with E-state index >= 15 is 0 Å².